The van der Waals surface area contributed by atoms with E-state index in [1.165, 1.54) is 11.1 Å². The Morgan fingerprint density at radius 3 is 2.50 bits per heavy atom. The van der Waals surface area contributed by atoms with Gasteiger partial charge in [-0.2, -0.15) is 0 Å². The summed E-state index contributed by atoms with van der Waals surface area (Å²) in [5.74, 6) is 0.596. The van der Waals surface area contributed by atoms with Crippen molar-refractivity contribution >= 4 is 23.2 Å². The molecule has 1 aliphatic carbocycles. The van der Waals surface area contributed by atoms with E-state index in [0.29, 0.717) is 24.0 Å². The number of carbonyl (C=O) groups is 1. The number of rotatable bonds is 4. The maximum atomic E-state index is 12.8. The molecule has 0 radical (unpaired) electrons. The second-order valence-electron chi connectivity index (χ2n) is 6.86. The Morgan fingerprint density at radius 1 is 1.25 bits per heavy atom. The fraction of sp³-hybridized carbons (Fsp3) is 0.474. The molecule has 1 aromatic carbocycles. The van der Waals surface area contributed by atoms with Crippen molar-refractivity contribution in [2.75, 3.05) is 19.6 Å². The maximum absolute atomic E-state index is 12.8. The lowest BCUT2D eigenvalue weighted by atomic mass is 10.0. The third-order valence-electron chi connectivity index (χ3n) is 4.69. The van der Waals surface area contributed by atoms with Gasteiger partial charge in [-0.3, -0.25) is 14.8 Å². The molecule has 0 spiro atoms. The van der Waals surface area contributed by atoms with Gasteiger partial charge in [-0.1, -0.05) is 36.4 Å². The van der Waals surface area contributed by atoms with Crippen LogP contribution >= 0.6 is 12.2 Å². The van der Waals surface area contributed by atoms with E-state index in [2.05, 4.69) is 36.2 Å². The number of nitrogens with zero attached hydrogens (tertiary/aromatic N) is 2. The van der Waals surface area contributed by atoms with E-state index in [9.17, 15) is 4.79 Å². The van der Waals surface area contributed by atoms with Crippen molar-refractivity contribution < 1.29 is 4.79 Å². The number of nitrogens with one attached hydrogen (secondary N) is 1. The standard InChI is InChI=1S/C19H25N3OS/c1-14(2)13-20-19(24)22-9-5-8-21(22)18(23)12-15-10-16-6-3-4-7-17(16)11-15/h3-4,6-7,15H,1,5,8-13H2,2H3,(H,20,24). The average Bonchev–Trinajstić information content (AvgIpc) is 3.18. The number of thiocarbonyl (C=S) groups is 1. The van der Waals surface area contributed by atoms with Crippen LogP contribution < -0.4 is 5.32 Å². The molecule has 3 rings (SSSR count). The zero-order valence-electron chi connectivity index (χ0n) is 14.3. The van der Waals surface area contributed by atoms with Crippen LogP contribution in [-0.4, -0.2) is 40.7 Å². The van der Waals surface area contributed by atoms with Gasteiger partial charge in [-0.05, 0) is 55.4 Å². The molecule has 0 atom stereocenters. The molecule has 1 amide bonds. The molecule has 5 heteroatoms. The Balaban J connectivity index is 1.56. The minimum absolute atomic E-state index is 0.185. The van der Waals surface area contributed by atoms with Gasteiger partial charge in [-0.25, -0.2) is 0 Å². The van der Waals surface area contributed by atoms with Crippen LogP contribution in [0, 0.1) is 5.92 Å². The van der Waals surface area contributed by atoms with Crippen molar-refractivity contribution in [3.63, 3.8) is 0 Å². The summed E-state index contributed by atoms with van der Waals surface area (Å²) in [5.41, 5.74) is 3.82. The molecular weight excluding hydrogens is 318 g/mol. The fourth-order valence-electron chi connectivity index (χ4n) is 3.55. The molecule has 0 bridgehead atoms. The largest absolute Gasteiger partial charge is 0.357 e. The Hall–Kier alpha value is -1.88. The summed E-state index contributed by atoms with van der Waals surface area (Å²) in [6.45, 7) is 8.04. The fourth-order valence-corrected chi connectivity index (χ4v) is 3.81. The first kappa shape index (κ1) is 17.0. The molecule has 1 N–H and O–H groups in total. The zero-order chi connectivity index (χ0) is 17.1. The monoisotopic (exact) mass is 343 g/mol. The summed E-state index contributed by atoms with van der Waals surface area (Å²) in [7, 11) is 0. The molecule has 1 aliphatic heterocycles. The van der Waals surface area contributed by atoms with Gasteiger partial charge in [0.15, 0.2) is 5.11 Å². The van der Waals surface area contributed by atoms with Gasteiger partial charge in [0.05, 0.1) is 0 Å². The molecule has 24 heavy (non-hydrogen) atoms. The molecule has 0 unspecified atom stereocenters. The lowest BCUT2D eigenvalue weighted by molar-refractivity contribution is -0.139. The SMILES string of the molecule is C=C(C)CNC(=S)N1CCCN1C(=O)CC1Cc2ccccc2C1. The number of hydrazine groups is 1. The lowest BCUT2D eigenvalue weighted by Gasteiger charge is -2.31. The zero-order valence-corrected chi connectivity index (χ0v) is 15.1. The summed E-state index contributed by atoms with van der Waals surface area (Å²) in [6.07, 6.45) is 3.57. The summed E-state index contributed by atoms with van der Waals surface area (Å²) in [5, 5.41) is 7.55. The molecule has 1 aromatic rings. The van der Waals surface area contributed by atoms with Gasteiger partial charge in [0.25, 0.3) is 0 Å². The van der Waals surface area contributed by atoms with Gasteiger partial charge in [0.1, 0.15) is 0 Å². The Labute approximate surface area is 149 Å². The van der Waals surface area contributed by atoms with E-state index in [4.69, 9.17) is 12.2 Å². The highest BCUT2D eigenvalue weighted by Gasteiger charge is 2.31. The van der Waals surface area contributed by atoms with Crippen LogP contribution in [0.2, 0.25) is 0 Å². The van der Waals surface area contributed by atoms with Crippen LogP contribution in [0.1, 0.15) is 30.9 Å². The molecule has 2 aliphatic rings. The highest BCUT2D eigenvalue weighted by Crippen LogP contribution is 2.29. The maximum Gasteiger partial charge on any atom is 0.241 e. The molecular formula is C19H25N3OS. The first-order chi connectivity index (χ1) is 11.5. The van der Waals surface area contributed by atoms with Gasteiger partial charge in [0, 0.05) is 26.1 Å². The number of hydrogen-bond donors (Lipinski definition) is 1. The third kappa shape index (κ3) is 3.78. The minimum atomic E-state index is 0.185. The number of carbonyl (C=O) groups excluding carboxylic acids is 1. The van der Waals surface area contributed by atoms with Gasteiger partial charge >= 0.3 is 0 Å². The van der Waals surface area contributed by atoms with Gasteiger partial charge in [-0.15, -0.1) is 0 Å². The highest BCUT2D eigenvalue weighted by atomic mass is 32.1. The van der Waals surface area contributed by atoms with Crippen molar-refractivity contribution in [2.45, 2.75) is 32.6 Å². The van der Waals surface area contributed by atoms with Crippen LogP contribution in [0.25, 0.3) is 0 Å². The molecule has 1 saturated heterocycles. The van der Waals surface area contributed by atoms with E-state index < -0.39 is 0 Å². The molecule has 4 nitrogen and oxygen atoms in total. The van der Waals surface area contributed by atoms with Crippen molar-refractivity contribution in [1.29, 1.82) is 0 Å². The summed E-state index contributed by atoms with van der Waals surface area (Å²) in [4.78, 5) is 12.8. The Morgan fingerprint density at radius 2 is 1.88 bits per heavy atom. The first-order valence-corrected chi connectivity index (χ1v) is 9.02. The van der Waals surface area contributed by atoms with E-state index in [1.54, 1.807) is 0 Å². The number of fused-ring (bicyclic) bond motifs is 1. The second kappa shape index (κ2) is 7.34. The van der Waals surface area contributed by atoms with E-state index in [1.807, 2.05) is 16.9 Å². The molecule has 1 fully saturated rings. The number of benzene rings is 1. The van der Waals surface area contributed by atoms with Crippen LogP contribution in [0.4, 0.5) is 0 Å². The normalized spacial score (nSPS) is 17.0. The quantitative estimate of drug-likeness (QED) is 0.673. The number of hydrogen-bond acceptors (Lipinski definition) is 2. The Kier molecular flexibility index (Phi) is 5.19. The van der Waals surface area contributed by atoms with Crippen molar-refractivity contribution in [3.8, 4) is 0 Å². The highest BCUT2D eigenvalue weighted by molar-refractivity contribution is 7.80. The average molecular weight is 343 g/mol. The van der Waals surface area contributed by atoms with Crippen LogP contribution in [0.5, 0.6) is 0 Å². The first-order valence-electron chi connectivity index (χ1n) is 8.61. The minimum Gasteiger partial charge on any atom is -0.357 e. The predicted molar refractivity (Wildman–Crippen MR) is 100 cm³/mol. The topological polar surface area (TPSA) is 35.6 Å². The van der Waals surface area contributed by atoms with Crippen molar-refractivity contribution in [3.05, 3.63) is 47.5 Å². The van der Waals surface area contributed by atoms with Crippen molar-refractivity contribution in [2.24, 2.45) is 5.92 Å². The lowest BCUT2D eigenvalue weighted by Crippen LogP contribution is -2.49. The molecule has 128 valence electrons. The third-order valence-corrected chi connectivity index (χ3v) is 5.05. The second-order valence-corrected chi connectivity index (χ2v) is 7.24. The van der Waals surface area contributed by atoms with E-state index in [-0.39, 0.29) is 5.91 Å². The van der Waals surface area contributed by atoms with Crippen molar-refractivity contribution in [1.82, 2.24) is 15.3 Å². The summed E-state index contributed by atoms with van der Waals surface area (Å²) >= 11 is 5.45. The molecule has 0 saturated carbocycles. The molecule has 0 aromatic heterocycles. The van der Waals surface area contributed by atoms with E-state index >= 15 is 0 Å². The number of amides is 1. The predicted octanol–water partition coefficient (Wildman–Crippen LogP) is 2.69. The van der Waals surface area contributed by atoms with Crippen LogP contribution in [0.15, 0.2) is 36.4 Å². The Bertz CT molecular complexity index is 633. The smallest absolute Gasteiger partial charge is 0.241 e. The van der Waals surface area contributed by atoms with Gasteiger partial charge in [0.2, 0.25) is 5.91 Å². The van der Waals surface area contributed by atoms with Crippen LogP contribution in [0.3, 0.4) is 0 Å². The molecule has 1 heterocycles. The summed E-state index contributed by atoms with van der Waals surface area (Å²) in [6, 6.07) is 8.52. The van der Waals surface area contributed by atoms with Crippen LogP contribution in [-0.2, 0) is 17.6 Å². The van der Waals surface area contributed by atoms with Gasteiger partial charge < -0.3 is 5.32 Å². The van der Waals surface area contributed by atoms with E-state index in [0.717, 1.165) is 37.9 Å². The summed E-state index contributed by atoms with van der Waals surface area (Å²) < 4.78 is 0.